The lowest BCUT2D eigenvalue weighted by atomic mass is 9.99. The fourth-order valence-electron chi connectivity index (χ4n) is 0.875. The van der Waals surface area contributed by atoms with E-state index in [4.69, 9.17) is 11.6 Å². The van der Waals surface area contributed by atoms with Gasteiger partial charge >= 0.3 is 0 Å². The first-order chi connectivity index (χ1) is 5.11. The molecule has 0 rings (SSSR count). The molecule has 0 aliphatic heterocycles. The van der Waals surface area contributed by atoms with Gasteiger partial charge in [-0.05, 0) is 11.8 Å². The minimum atomic E-state index is 0.599. The third kappa shape index (κ3) is 4.47. The predicted octanol–water partition coefficient (Wildman–Crippen LogP) is 3.85. The van der Waals surface area contributed by atoms with E-state index in [9.17, 15) is 0 Å². The SMILES string of the molecule is CCC(C)C=C(CCl)C(C)C. The first kappa shape index (κ1) is 11.0. The van der Waals surface area contributed by atoms with Crippen LogP contribution < -0.4 is 0 Å². The molecule has 0 aromatic heterocycles. The molecule has 0 aliphatic carbocycles. The van der Waals surface area contributed by atoms with Gasteiger partial charge in [-0.25, -0.2) is 0 Å². The van der Waals surface area contributed by atoms with Crippen molar-refractivity contribution in [3.8, 4) is 0 Å². The lowest BCUT2D eigenvalue weighted by molar-refractivity contribution is 0.669. The van der Waals surface area contributed by atoms with Crippen LogP contribution >= 0.6 is 11.6 Å². The zero-order chi connectivity index (χ0) is 8.85. The molecule has 1 heteroatoms. The average Bonchev–Trinajstić information content (AvgIpc) is 1.99. The van der Waals surface area contributed by atoms with Crippen LogP contribution in [0, 0.1) is 11.8 Å². The number of rotatable bonds is 4. The summed E-state index contributed by atoms with van der Waals surface area (Å²) in [4.78, 5) is 0. The summed E-state index contributed by atoms with van der Waals surface area (Å²) < 4.78 is 0. The predicted molar refractivity (Wildman–Crippen MR) is 53.1 cm³/mol. The molecule has 0 fully saturated rings. The Morgan fingerprint density at radius 2 is 1.91 bits per heavy atom. The van der Waals surface area contributed by atoms with Crippen molar-refractivity contribution in [2.24, 2.45) is 11.8 Å². The molecule has 1 unspecified atom stereocenters. The Hall–Kier alpha value is 0.0300. The average molecular weight is 175 g/mol. The van der Waals surface area contributed by atoms with Crippen LogP contribution in [0.5, 0.6) is 0 Å². The van der Waals surface area contributed by atoms with E-state index in [1.807, 2.05) is 0 Å². The standard InChI is InChI=1S/C10H19Cl/c1-5-9(4)6-10(7-11)8(2)3/h6,8-9H,5,7H2,1-4H3. The van der Waals surface area contributed by atoms with E-state index in [0.29, 0.717) is 17.7 Å². The second-order valence-electron chi connectivity index (χ2n) is 3.42. The van der Waals surface area contributed by atoms with Gasteiger partial charge in [0, 0.05) is 5.88 Å². The Bertz CT molecular complexity index is 125. The Morgan fingerprint density at radius 1 is 1.36 bits per heavy atom. The molecule has 0 bridgehead atoms. The smallest absolute Gasteiger partial charge is 0.0436 e. The molecule has 11 heavy (non-hydrogen) atoms. The zero-order valence-corrected chi connectivity index (χ0v) is 8.78. The van der Waals surface area contributed by atoms with E-state index in [1.165, 1.54) is 12.0 Å². The summed E-state index contributed by atoms with van der Waals surface area (Å²) in [7, 11) is 0. The third-order valence-corrected chi connectivity index (χ3v) is 2.35. The molecule has 0 nitrogen and oxygen atoms in total. The van der Waals surface area contributed by atoms with Gasteiger partial charge in [0.2, 0.25) is 0 Å². The van der Waals surface area contributed by atoms with Gasteiger partial charge in [-0.1, -0.05) is 45.8 Å². The molecule has 0 aromatic carbocycles. The lowest BCUT2D eigenvalue weighted by Gasteiger charge is -2.10. The maximum atomic E-state index is 5.80. The van der Waals surface area contributed by atoms with Gasteiger partial charge in [-0.2, -0.15) is 0 Å². The maximum Gasteiger partial charge on any atom is 0.0436 e. The Kier molecular flexibility index (Phi) is 5.67. The molecular formula is C10H19Cl. The number of allylic oxidation sites excluding steroid dienone is 2. The van der Waals surface area contributed by atoms with Crippen molar-refractivity contribution in [1.82, 2.24) is 0 Å². The molecule has 0 aromatic rings. The van der Waals surface area contributed by atoms with Gasteiger partial charge in [-0.3, -0.25) is 0 Å². The summed E-state index contributed by atoms with van der Waals surface area (Å²) in [5.74, 6) is 1.95. The molecule has 0 aliphatic rings. The maximum absolute atomic E-state index is 5.80. The van der Waals surface area contributed by atoms with E-state index < -0.39 is 0 Å². The molecule has 66 valence electrons. The highest BCUT2D eigenvalue weighted by molar-refractivity contribution is 6.19. The van der Waals surface area contributed by atoms with Crippen LogP contribution in [0.25, 0.3) is 0 Å². The summed E-state index contributed by atoms with van der Waals surface area (Å²) in [6.45, 7) is 8.81. The van der Waals surface area contributed by atoms with Crippen molar-refractivity contribution in [2.75, 3.05) is 5.88 Å². The quantitative estimate of drug-likeness (QED) is 0.449. The lowest BCUT2D eigenvalue weighted by Crippen LogP contribution is -1.99. The van der Waals surface area contributed by atoms with Gasteiger partial charge in [0.15, 0.2) is 0 Å². The fraction of sp³-hybridized carbons (Fsp3) is 0.800. The number of hydrogen-bond donors (Lipinski definition) is 0. The normalized spacial score (nSPS) is 15.6. The van der Waals surface area contributed by atoms with Crippen molar-refractivity contribution in [3.05, 3.63) is 11.6 Å². The second-order valence-corrected chi connectivity index (χ2v) is 3.68. The van der Waals surface area contributed by atoms with Gasteiger partial charge in [0.25, 0.3) is 0 Å². The van der Waals surface area contributed by atoms with E-state index in [2.05, 4.69) is 33.8 Å². The number of hydrogen-bond acceptors (Lipinski definition) is 0. The summed E-state index contributed by atoms with van der Waals surface area (Å²) in [6.07, 6.45) is 3.50. The molecule has 0 amide bonds. The molecule has 0 spiro atoms. The minimum Gasteiger partial charge on any atom is -0.122 e. The molecule has 0 radical (unpaired) electrons. The van der Waals surface area contributed by atoms with Crippen LogP contribution in [0.1, 0.15) is 34.1 Å². The van der Waals surface area contributed by atoms with Crippen LogP contribution in [0.15, 0.2) is 11.6 Å². The highest BCUT2D eigenvalue weighted by atomic mass is 35.5. The van der Waals surface area contributed by atoms with Gasteiger partial charge in [0.1, 0.15) is 0 Å². The Balaban J connectivity index is 4.10. The zero-order valence-electron chi connectivity index (χ0n) is 8.02. The van der Waals surface area contributed by atoms with Crippen molar-refractivity contribution < 1.29 is 0 Å². The highest BCUT2D eigenvalue weighted by Gasteiger charge is 2.02. The number of alkyl halides is 1. The van der Waals surface area contributed by atoms with Gasteiger partial charge < -0.3 is 0 Å². The number of halogens is 1. The molecule has 0 saturated carbocycles. The molecule has 0 N–H and O–H groups in total. The van der Waals surface area contributed by atoms with Crippen LogP contribution in [-0.2, 0) is 0 Å². The topological polar surface area (TPSA) is 0 Å². The Morgan fingerprint density at radius 3 is 2.18 bits per heavy atom. The van der Waals surface area contributed by atoms with Crippen LogP contribution in [0.4, 0.5) is 0 Å². The van der Waals surface area contributed by atoms with E-state index >= 15 is 0 Å². The monoisotopic (exact) mass is 174 g/mol. The Labute approximate surface area is 75.6 Å². The van der Waals surface area contributed by atoms with Crippen molar-refractivity contribution in [3.63, 3.8) is 0 Å². The van der Waals surface area contributed by atoms with Crippen LogP contribution in [-0.4, -0.2) is 5.88 Å². The van der Waals surface area contributed by atoms with Crippen LogP contribution in [0.3, 0.4) is 0 Å². The second kappa shape index (κ2) is 5.65. The molecular weight excluding hydrogens is 156 g/mol. The van der Waals surface area contributed by atoms with Crippen molar-refractivity contribution >= 4 is 11.6 Å². The first-order valence-electron chi connectivity index (χ1n) is 4.38. The van der Waals surface area contributed by atoms with Crippen molar-refractivity contribution in [1.29, 1.82) is 0 Å². The van der Waals surface area contributed by atoms with E-state index in [0.717, 1.165) is 0 Å². The van der Waals surface area contributed by atoms with E-state index in [1.54, 1.807) is 0 Å². The minimum absolute atomic E-state index is 0.599. The summed E-state index contributed by atoms with van der Waals surface area (Å²) in [6, 6.07) is 0. The largest absolute Gasteiger partial charge is 0.122 e. The highest BCUT2D eigenvalue weighted by Crippen LogP contribution is 2.15. The van der Waals surface area contributed by atoms with Crippen LogP contribution in [0.2, 0.25) is 0 Å². The summed E-state index contributed by atoms with van der Waals surface area (Å²) >= 11 is 5.80. The van der Waals surface area contributed by atoms with Gasteiger partial charge in [-0.15, -0.1) is 11.6 Å². The first-order valence-corrected chi connectivity index (χ1v) is 4.91. The fourth-order valence-corrected chi connectivity index (χ4v) is 1.27. The van der Waals surface area contributed by atoms with E-state index in [-0.39, 0.29) is 0 Å². The van der Waals surface area contributed by atoms with Gasteiger partial charge in [0.05, 0.1) is 0 Å². The summed E-state index contributed by atoms with van der Waals surface area (Å²) in [5.41, 5.74) is 1.38. The molecule has 0 saturated heterocycles. The summed E-state index contributed by atoms with van der Waals surface area (Å²) in [5, 5.41) is 0. The van der Waals surface area contributed by atoms with Crippen molar-refractivity contribution in [2.45, 2.75) is 34.1 Å². The third-order valence-electron chi connectivity index (χ3n) is 2.04. The molecule has 0 heterocycles. The molecule has 1 atom stereocenters.